The molecule has 3 aromatic rings. The minimum Gasteiger partial charge on any atom is -0.441 e. The summed E-state index contributed by atoms with van der Waals surface area (Å²) in [6.07, 6.45) is 5.21. The first-order valence-corrected chi connectivity index (χ1v) is 10.6. The van der Waals surface area contributed by atoms with Crippen LogP contribution in [0, 0.1) is 11.6 Å². The molecule has 162 valence electrons. The highest BCUT2D eigenvalue weighted by molar-refractivity contribution is 6.31. The normalized spacial score (nSPS) is 14.0. The summed E-state index contributed by atoms with van der Waals surface area (Å²) in [6, 6.07) is 8.74. The highest BCUT2D eigenvalue weighted by Crippen LogP contribution is 2.31. The Hall–Kier alpha value is -2.93. The first-order valence-electron chi connectivity index (χ1n) is 10.2. The molecule has 1 saturated heterocycles. The molecule has 4 rings (SSSR count). The van der Waals surface area contributed by atoms with Gasteiger partial charge in [-0.15, -0.1) is 0 Å². The average molecular weight is 446 g/mol. The van der Waals surface area contributed by atoms with Gasteiger partial charge in [0.05, 0.1) is 23.1 Å². The zero-order valence-electron chi connectivity index (χ0n) is 16.8. The second-order valence-electron chi connectivity index (χ2n) is 7.50. The standard InChI is InChI=1S/C23H22ClF2N3O2/c24-15-4-7-20(29-10-2-1-3-11-29)19(12-15)28-22(30)8-9-23-27-14-21(31-23)17-6-5-16(25)13-18(17)26/h4-7,12-14H,1-3,8-11H2,(H,28,30). The molecule has 0 spiro atoms. The van der Waals surface area contributed by atoms with Gasteiger partial charge in [0.25, 0.3) is 0 Å². The maximum absolute atomic E-state index is 13.9. The third kappa shape index (κ3) is 5.22. The molecule has 1 N–H and O–H groups in total. The second kappa shape index (κ2) is 9.47. The van der Waals surface area contributed by atoms with Gasteiger partial charge >= 0.3 is 0 Å². The number of amides is 1. The summed E-state index contributed by atoms with van der Waals surface area (Å²) in [5.41, 5.74) is 1.76. The fourth-order valence-electron chi connectivity index (χ4n) is 3.69. The Labute approximate surface area is 184 Å². The Bertz CT molecular complexity index is 1080. The zero-order chi connectivity index (χ0) is 21.8. The molecule has 8 heteroatoms. The number of anilines is 2. The van der Waals surface area contributed by atoms with Gasteiger partial charge in [0, 0.05) is 37.0 Å². The van der Waals surface area contributed by atoms with E-state index in [2.05, 4.69) is 15.2 Å². The quantitative estimate of drug-likeness (QED) is 0.518. The van der Waals surface area contributed by atoms with E-state index in [9.17, 15) is 13.6 Å². The Balaban J connectivity index is 1.40. The minimum absolute atomic E-state index is 0.120. The number of aryl methyl sites for hydroxylation is 1. The lowest BCUT2D eigenvalue weighted by atomic mass is 10.1. The number of oxazole rings is 1. The number of carbonyl (C=O) groups excluding carboxylic acids is 1. The maximum Gasteiger partial charge on any atom is 0.224 e. The van der Waals surface area contributed by atoms with E-state index in [1.165, 1.54) is 18.7 Å². The molecule has 2 heterocycles. The molecule has 0 radical (unpaired) electrons. The topological polar surface area (TPSA) is 58.4 Å². The predicted molar refractivity (Wildman–Crippen MR) is 116 cm³/mol. The number of piperidine rings is 1. The summed E-state index contributed by atoms with van der Waals surface area (Å²) in [4.78, 5) is 18.9. The van der Waals surface area contributed by atoms with E-state index in [1.54, 1.807) is 6.07 Å². The van der Waals surface area contributed by atoms with E-state index in [0.717, 1.165) is 43.8 Å². The van der Waals surface area contributed by atoms with Crippen LogP contribution in [0.4, 0.5) is 20.2 Å². The third-order valence-corrected chi connectivity index (χ3v) is 5.48. The largest absolute Gasteiger partial charge is 0.441 e. The lowest BCUT2D eigenvalue weighted by Gasteiger charge is -2.30. The van der Waals surface area contributed by atoms with E-state index in [4.69, 9.17) is 16.0 Å². The van der Waals surface area contributed by atoms with Crippen molar-refractivity contribution in [3.05, 3.63) is 65.1 Å². The molecule has 5 nitrogen and oxygen atoms in total. The van der Waals surface area contributed by atoms with Crippen LogP contribution in [0.1, 0.15) is 31.6 Å². The molecule has 0 bridgehead atoms. The first kappa shape index (κ1) is 21.3. The predicted octanol–water partition coefficient (Wildman–Crippen LogP) is 5.83. The summed E-state index contributed by atoms with van der Waals surface area (Å²) in [5, 5.41) is 3.49. The van der Waals surface area contributed by atoms with Crippen LogP contribution in [0.3, 0.4) is 0 Å². The fourth-order valence-corrected chi connectivity index (χ4v) is 3.86. The number of aromatic nitrogens is 1. The van der Waals surface area contributed by atoms with Crippen LogP contribution in [0.5, 0.6) is 0 Å². The van der Waals surface area contributed by atoms with E-state index >= 15 is 0 Å². The highest BCUT2D eigenvalue weighted by Gasteiger charge is 2.17. The van der Waals surface area contributed by atoms with Crippen molar-refractivity contribution < 1.29 is 18.0 Å². The monoisotopic (exact) mass is 445 g/mol. The third-order valence-electron chi connectivity index (χ3n) is 5.25. The first-order chi connectivity index (χ1) is 15.0. The molecule has 1 aliphatic heterocycles. The molecule has 0 atom stereocenters. The number of halogens is 3. The fraction of sp³-hybridized carbons (Fsp3) is 0.304. The van der Waals surface area contributed by atoms with E-state index in [0.29, 0.717) is 16.6 Å². The van der Waals surface area contributed by atoms with E-state index in [1.807, 2.05) is 12.1 Å². The van der Waals surface area contributed by atoms with Crippen molar-refractivity contribution in [3.63, 3.8) is 0 Å². The van der Waals surface area contributed by atoms with Gasteiger partial charge in [0.2, 0.25) is 5.91 Å². The lowest BCUT2D eigenvalue weighted by molar-refractivity contribution is -0.116. The van der Waals surface area contributed by atoms with Crippen LogP contribution < -0.4 is 10.2 Å². The Morgan fingerprint density at radius 1 is 1.13 bits per heavy atom. The van der Waals surface area contributed by atoms with Gasteiger partial charge < -0.3 is 14.6 Å². The van der Waals surface area contributed by atoms with Crippen LogP contribution in [0.2, 0.25) is 5.02 Å². The van der Waals surface area contributed by atoms with Crippen molar-refractivity contribution in [1.29, 1.82) is 0 Å². The van der Waals surface area contributed by atoms with Gasteiger partial charge in [0.1, 0.15) is 11.6 Å². The van der Waals surface area contributed by atoms with Gasteiger partial charge in [-0.1, -0.05) is 11.6 Å². The van der Waals surface area contributed by atoms with Crippen molar-refractivity contribution in [2.24, 2.45) is 0 Å². The molecule has 31 heavy (non-hydrogen) atoms. The molecule has 0 aliphatic carbocycles. The summed E-state index contributed by atoms with van der Waals surface area (Å²) < 4.78 is 32.6. The number of hydrogen-bond donors (Lipinski definition) is 1. The Kier molecular flexibility index (Phi) is 6.51. The van der Waals surface area contributed by atoms with Crippen molar-refractivity contribution in [2.45, 2.75) is 32.1 Å². The lowest BCUT2D eigenvalue weighted by Crippen LogP contribution is -2.30. The number of nitrogens with zero attached hydrogens (tertiary/aromatic N) is 2. The molecular weight excluding hydrogens is 424 g/mol. The summed E-state index contributed by atoms with van der Waals surface area (Å²) in [5.74, 6) is -1.10. The number of hydrogen-bond acceptors (Lipinski definition) is 4. The van der Waals surface area contributed by atoms with Gasteiger partial charge in [0.15, 0.2) is 11.7 Å². The second-order valence-corrected chi connectivity index (χ2v) is 7.94. The van der Waals surface area contributed by atoms with E-state index in [-0.39, 0.29) is 30.1 Å². The summed E-state index contributed by atoms with van der Waals surface area (Å²) >= 11 is 6.15. The number of carbonyl (C=O) groups is 1. The molecule has 1 amide bonds. The van der Waals surface area contributed by atoms with Crippen LogP contribution >= 0.6 is 11.6 Å². The molecule has 0 saturated carbocycles. The van der Waals surface area contributed by atoms with Gasteiger partial charge in [-0.2, -0.15) is 0 Å². The molecular formula is C23H22ClF2N3O2. The van der Waals surface area contributed by atoms with Crippen molar-refractivity contribution >= 4 is 28.9 Å². The van der Waals surface area contributed by atoms with Crippen LogP contribution in [0.15, 0.2) is 47.0 Å². The van der Waals surface area contributed by atoms with Gasteiger partial charge in [-0.3, -0.25) is 4.79 Å². The Morgan fingerprint density at radius 3 is 2.71 bits per heavy atom. The number of rotatable bonds is 6. The van der Waals surface area contributed by atoms with Crippen LogP contribution in [-0.4, -0.2) is 24.0 Å². The number of benzene rings is 2. The van der Waals surface area contributed by atoms with Crippen LogP contribution in [-0.2, 0) is 11.2 Å². The SMILES string of the molecule is O=C(CCc1ncc(-c2ccc(F)cc2F)o1)Nc1cc(Cl)ccc1N1CCCCC1. The van der Waals surface area contributed by atoms with Crippen molar-refractivity contribution in [1.82, 2.24) is 4.98 Å². The molecule has 0 unspecified atom stereocenters. The van der Waals surface area contributed by atoms with E-state index < -0.39 is 11.6 Å². The molecule has 1 aromatic heterocycles. The summed E-state index contributed by atoms with van der Waals surface area (Å²) in [6.45, 7) is 1.90. The van der Waals surface area contributed by atoms with Crippen molar-refractivity contribution in [3.8, 4) is 11.3 Å². The van der Waals surface area contributed by atoms with Crippen molar-refractivity contribution in [2.75, 3.05) is 23.3 Å². The molecule has 2 aromatic carbocycles. The molecule has 1 fully saturated rings. The minimum atomic E-state index is -0.730. The maximum atomic E-state index is 13.9. The number of nitrogens with one attached hydrogen (secondary N) is 1. The van der Waals surface area contributed by atoms with Gasteiger partial charge in [-0.25, -0.2) is 13.8 Å². The molecule has 1 aliphatic rings. The average Bonchev–Trinajstić information content (AvgIpc) is 3.22. The zero-order valence-corrected chi connectivity index (χ0v) is 17.6. The smallest absolute Gasteiger partial charge is 0.224 e. The Morgan fingerprint density at radius 2 is 1.94 bits per heavy atom. The van der Waals surface area contributed by atoms with Crippen LogP contribution in [0.25, 0.3) is 11.3 Å². The highest BCUT2D eigenvalue weighted by atomic mass is 35.5. The summed E-state index contributed by atoms with van der Waals surface area (Å²) in [7, 11) is 0. The van der Waals surface area contributed by atoms with Gasteiger partial charge in [-0.05, 0) is 49.6 Å².